The molecule has 4 heteroatoms. The first-order valence-corrected chi connectivity index (χ1v) is 5.89. The molecule has 18 heavy (non-hydrogen) atoms. The van der Waals surface area contributed by atoms with Gasteiger partial charge >= 0.3 is 5.97 Å². The fraction of sp³-hybridized carbons (Fsp3) is 0.214. The van der Waals surface area contributed by atoms with Crippen molar-refractivity contribution in [3.8, 4) is 0 Å². The Morgan fingerprint density at radius 1 is 1.33 bits per heavy atom. The molecule has 0 saturated heterocycles. The SMILES string of the molecule is COC1(C(=O)O)CC(Cl)=CC=C1c1ccccc1. The fourth-order valence-corrected chi connectivity index (χ4v) is 2.36. The van der Waals surface area contributed by atoms with Crippen molar-refractivity contribution in [1.29, 1.82) is 0 Å². The van der Waals surface area contributed by atoms with Gasteiger partial charge in [-0.1, -0.05) is 48.0 Å². The van der Waals surface area contributed by atoms with Gasteiger partial charge in [0, 0.05) is 24.1 Å². The summed E-state index contributed by atoms with van der Waals surface area (Å²) in [6.45, 7) is 0. The van der Waals surface area contributed by atoms with Gasteiger partial charge < -0.3 is 9.84 Å². The topological polar surface area (TPSA) is 46.5 Å². The molecule has 0 saturated carbocycles. The summed E-state index contributed by atoms with van der Waals surface area (Å²) in [4.78, 5) is 11.6. The van der Waals surface area contributed by atoms with E-state index in [1.54, 1.807) is 12.2 Å². The van der Waals surface area contributed by atoms with E-state index in [2.05, 4.69) is 0 Å². The molecule has 94 valence electrons. The monoisotopic (exact) mass is 264 g/mol. The summed E-state index contributed by atoms with van der Waals surface area (Å²) in [5.41, 5.74) is 0.0253. The van der Waals surface area contributed by atoms with Crippen molar-refractivity contribution in [2.24, 2.45) is 0 Å². The van der Waals surface area contributed by atoms with Crippen molar-refractivity contribution in [3.63, 3.8) is 0 Å². The maximum Gasteiger partial charge on any atom is 0.341 e. The van der Waals surface area contributed by atoms with E-state index in [1.165, 1.54) is 7.11 Å². The molecule has 0 bridgehead atoms. The number of halogens is 1. The highest BCUT2D eigenvalue weighted by Crippen LogP contribution is 2.40. The van der Waals surface area contributed by atoms with E-state index in [1.807, 2.05) is 30.3 Å². The summed E-state index contributed by atoms with van der Waals surface area (Å²) in [5.74, 6) is -1.04. The predicted molar refractivity (Wildman–Crippen MR) is 70.3 cm³/mol. The number of hydrogen-bond donors (Lipinski definition) is 1. The van der Waals surface area contributed by atoms with Crippen molar-refractivity contribution < 1.29 is 14.6 Å². The van der Waals surface area contributed by atoms with Crippen LogP contribution in [0.25, 0.3) is 5.57 Å². The van der Waals surface area contributed by atoms with E-state index in [-0.39, 0.29) is 6.42 Å². The third-order valence-electron chi connectivity index (χ3n) is 3.06. The molecule has 0 fully saturated rings. The first kappa shape index (κ1) is 12.9. The minimum absolute atomic E-state index is 0.140. The molecule has 2 rings (SSSR count). The molecule has 1 aliphatic carbocycles. The van der Waals surface area contributed by atoms with Crippen molar-refractivity contribution in [2.75, 3.05) is 7.11 Å². The lowest BCUT2D eigenvalue weighted by molar-refractivity contribution is -0.155. The number of rotatable bonds is 3. The smallest absolute Gasteiger partial charge is 0.341 e. The summed E-state index contributed by atoms with van der Waals surface area (Å²) in [7, 11) is 1.39. The molecule has 0 aromatic heterocycles. The van der Waals surface area contributed by atoms with Crippen LogP contribution in [0.3, 0.4) is 0 Å². The molecule has 0 heterocycles. The van der Waals surface area contributed by atoms with Gasteiger partial charge in [0.25, 0.3) is 0 Å². The Morgan fingerprint density at radius 3 is 2.56 bits per heavy atom. The van der Waals surface area contributed by atoms with Gasteiger partial charge in [0.1, 0.15) is 0 Å². The van der Waals surface area contributed by atoms with Crippen LogP contribution >= 0.6 is 11.6 Å². The molecule has 0 spiro atoms. The number of hydrogen-bond acceptors (Lipinski definition) is 2. The van der Waals surface area contributed by atoms with Crippen LogP contribution in [0.5, 0.6) is 0 Å². The van der Waals surface area contributed by atoms with Gasteiger partial charge in [0.05, 0.1) is 0 Å². The first-order chi connectivity index (χ1) is 8.60. The van der Waals surface area contributed by atoms with Gasteiger partial charge in [-0.2, -0.15) is 0 Å². The van der Waals surface area contributed by atoms with Crippen molar-refractivity contribution in [1.82, 2.24) is 0 Å². The summed E-state index contributed by atoms with van der Waals surface area (Å²) in [5, 5.41) is 9.96. The Balaban J connectivity index is 2.57. The van der Waals surface area contributed by atoms with E-state index in [4.69, 9.17) is 16.3 Å². The minimum atomic E-state index is -1.41. The standard InChI is InChI=1S/C14H13ClO3/c1-18-14(13(16)17)9-11(15)7-8-12(14)10-5-3-2-4-6-10/h2-8H,9H2,1H3,(H,16,17). The molecule has 1 N–H and O–H groups in total. The molecule has 1 unspecified atom stereocenters. The molecule has 0 amide bonds. The maximum absolute atomic E-state index is 11.6. The van der Waals surface area contributed by atoms with Gasteiger partial charge in [0.15, 0.2) is 5.60 Å². The van der Waals surface area contributed by atoms with Crippen molar-refractivity contribution in [2.45, 2.75) is 12.0 Å². The average molecular weight is 265 g/mol. The number of benzene rings is 1. The summed E-state index contributed by atoms with van der Waals surface area (Å²) in [6.07, 6.45) is 3.56. The lowest BCUT2D eigenvalue weighted by Gasteiger charge is -2.32. The van der Waals surface area contributed by atoms with Gasteiger partial charge in [-0.25, -0.2) is 4.79 Å². The molecule has 1 aliphatic rings. The normalized spacial score (nSPS) is 23.2. The first-order valence-electron chi connectivity index (χ1n) is 5.51. The minimum Gasteiger partial charge on any atom is -0.479 e. The second-order valence-corrected chi connectivity index (χ2v) is 4.56. The quantitative estimate of drug-likeness (QED) is 0.913. The van der Waals surface area contributed by atoms with Crippen LogP contribution in [0.1, 0.15) is 12.0 Å². The highest BCUT2D eigenvalue weighted by Gasteiger charge is 2.44. The second kappa shape index (κ2) is 4.96. The number of carboxylic acids is 1. The largest absolute Gasteiger partial charge is 0.479 e. The highest BCUT2D eigenvalue weighted by atomic mass is 35.5. The van der Waals surface area contributed by atoms with Crippen LogP contribution in [0.4, 0.5) is 0 Å². The van der Waals surface area contributed by atoms with Crippen molar-refractivity contribution in [3.05, 3.63) is 53.1 Å². The molecule has 0 aliphatic heterocycles. The second-order valence-electron chi connectivity index (χ2n) is 4.07. The maximum atomic E-state index is 11.6. The number of carboxylic acid groups (broad SMARTS) is 1. The number of aliphatic carboxylic acids is 1. The van der Waals surface area contributed by atoms with Gasteiger partial charge in [0.2, 0.25) is 0 Å². The van der Waals surface area contributed by atoms with E-state index in [0.29, 0.717) is 10.6 Å². The molecule has 0 radical (unpaired) electrons. The van der Waals surface area contributed by atoms with E-state index in [0.717, 1.165) is 5.56 Å². The fourth-order valence-electron chi connectivity index (χ4n) is 2.11. The highest BCUT2D eigenvalue weighted by molar-refractivity contribution is 6.30. The summed E-state index contributed by atoms with van der Waals surface area (Å²) >= 11 is 5.95. The van der Waals surface area contributed by atoms with Crippen LogP contribution in [0, 0.1) is 0 Å². The summed E-state index contributed by atoms with van der Waals surface area (Å²) < 4.78 is 5.28. The Labute approximate surface area is 110 Å². The molecule has 3 nitrogen and oxygen atoms in total. The number of methoxy groups -OCH3 is 1. The third-order valence-corrected chi connectivity index (χ3v) is 3.32. The Bertz CT molecular complexity index is 519. The molecular weight excluding hydrogens is 252 g/mol. The van der Waals surface area contributed by atoms with Crippen LogP contribution < -0.4 is 0 Å². The van der Waals surface area contributed by atoms with E-state index in [9.17, 15) is 9.90 Å². The van der Waals surface area contributed by atoms with Crippen molar-refractivity contribution >= 4 is 23.1 Å². The molecule has 1 aromatic rings. The van der Waals surface area contributed by atoms with Crippen LogP contribution in [-0.4, -0.2) is 23.8 Å². The Kier molecular flexibility index (Phi) is 3.55. The van der Waals surface area contributed by atoms with E-state index >= 15 is 0 Å². The summed E-state index contributed by atoms with van der Waals surface area (Å²) in [6, 6.07) is 9.31. The number of allylic oxidation sites excluding steroid dienone is 2. The van der Waals surface area contributed by atoms with Crippen LogP contribution in [0.2, 0.25) is 0 Å². The zero-order chi connectivity index (χ0) is 13.2. The molecule has 1 aromatic carbocycles. The molecule has 1 atom stereocenters. The van der Waals surface area contributed by atoms with Gasteiger partial charge in [-0.3, -0.25) is 0 Å². The lowest BCUT2D eigenvalue weighted by Crippen LogP contribution is -2.43. The van der Waals surface area contributed by atoms with E-state index < -0.39 is 11.6 Å². The van der Waals surface area contributed by atoms with Gasteiger partial charge in [-0.15, -0.1) is 0 Å². The number of carbonyl (C=O) groups is 1. The predicted octanol–water partition coefficient (Wildman–Crippen LogP) is 3.07. The van der Waals surface area contributed by atoms with Gasteiger partial charge in [-0.05, 0) is 11.6 Å². The third kappa shape index (κ3) is 2.07. The van der Waals surface area contributed by atoms with Crippen LogP contribution in [0.15, 0.2) is 47.5 Å². The zero-order valence-electron chi connectivity index (χ0n) is 9.89. The lowest BCUT2D eigenvalue weighted by atomic mass is 9.82. The zero-order valence-corrected chi connectivity index (χ0v) is 10.6. The number of ether oxygens (including phenoxy) is 1. The average Bonchev–Trinajstić information content (AvgIpc) is 2.39. The molecular formula is C14H13ClO3. The Morgan fingerprint density at radius 2 is 2.00 bits per heavy atom. The van der Waals surface area contributed by atoms with Crippen LogP contribution in [-0.2, 0) is 9.53 Å². The Hall–Kier alpha value is -1.58.